The third-order valence-electron chi connectivity index (χ3n) is 5.16. The predicted octanol–water partition coefficient (Wildman–Crippen LogP) is 5.62. The lowest BCUT2D eigenvalue weighted by Gasteiger charge is -2.14. The third kappa shape index (κ3) is 2.91. The molecule has 0 bridgehead atoms. The van der Waals surface area contributed by atoms with Crippen LogP contribution in [-0.2, 0) is 19.9 Å². The van der Waals surface area contributed by atoms with Crippen LogP contribution in [-0.4, -0.2) is 0 Å². The van der Waals surface area contributed by atoms with Gasteiger partial charge in [0.2, 0.25) is 5.69 Å². The molecule has 0 atom stereocenters. The summed E-state index contributed by atoms with van der Waals surface area (Å²) in [6.07, 6.45) is 2.00. The fraction of sp³-hybridized carbons (Fsp3) is 0.304. The van der Waals surface area contributed by atoms with Crippen molar-refractivity contribution in [3.05, 3.63) is 70.2 Å². The van der Waals surface area contributed by atoms with Crippen molar-refractivity contribution < 1.29 is 5.94 Å². The first kappa shape index (κ1) is 15.8. The quantitative estimate of drug-likeness (QED) is 0.435. The molecule has 0 saturated heterocycles. The maximum absolute atomic E-state index is 8.55. The Morgan fingerprint density at radius 3 is 2.52 bits per heavy atom. The molecule has 1 heterocycles. The highest BCUT2D eigenvalue weighted by molar-refractivity contribution is 5.96. The van der Waals surface area contributed by atoms with Gasteiger partial charge in [-0.25, -0.2) is 4.85 Å². The molecule has 0 aliphatic heterocycles. The van der Waals surface area contributed by atoms with Crippen LogP contribution in [0.3, 0.4) is 0 Å². The van der Waals surface area contributed by atoms with Crippen LogP contribution >= 0.6 is 0 Å². The molecule has 2 heteroatoms. The largest absolute Gasteiger partial charge is 0.238 e. The Balaban J connectivity index is 2.49. The van der Waals surface area contributed by atoms with Crippen molar-refractivity contribution in [1.82, 2.24) is 0 Å². The number of hydrogen-bond acceptors (Lipinski definition) is 0. The van der Waals surface area contributed by atoms with Crippen molar-refractivity contribution in [1.29, 1.82) is 0 Å². The number of aromatic nitrogens is 1. The predicted molar refractivity (Wildman–Crippen MR) is 105 cm³/mol. The molecule has 0 amide bonds. The molecule has 2 nitrogen and oxygen atoms in total. The van der Waals surface area contributed by atoms with E-state index in [0.29, 0.717) is 11.7 Å². The third-order valence-corrected chi connectivity index (χ3v) is 5.16. The van der Waals surface area contributed by atoms with E-state index in [1.165, 1.54) is 22.3 Å². The van der Waals surface area contributed by atoms with Crippen molar-refractivity contribution in [2.45, 2.75) is 40.5 Å². The van der Waals surface area contributed by atoms with Gasteiger partial charge in [-0.05, 0) is 54.0 Å². The summed E-state index contributed by atoms with van der Waals surface area (Å²) in [5.41, 5.74) is 7.86. The second kappa shape index (κ2) is 6.69. The molecule has 3 rings (SSSR count). The van der Waals surface area contributed by atoms with Crippen LogP contribution in [0.15, 0.2) is 36.4 Å². The van der Waals surface area contributed by atoms with E-state index in [1.807, 2.05) is 32.2 Å². The monoisotopic (exact) mass is 330 g/mol. The van der Waals surface area contributed by atoms with Gasteiger partial charge in [0.15, 0.2) is 11.4 Å². The number of hydrogen-bond donors (Lipinski definition) is 0. The number of rotatable bonds is 3. The fourth-order valence-electron chi connectivity index (χ4n) is 3.52. The lowest BCUT2D eigenvalue weighted by Crippen LogP contribution is -2.35. The summed E-state index contributed by atoms with van der Waals surface area (Å²) in [5.74, 6) is 0. The molecule has 126 valence electrons. The van der Waals surface area contributed by atoms with Gasteiger partial charge in [0.25, 0.3) is 0 Å². The van der Waals surface area contributed by atoms with Crippen molar-refractivity contribution in [2.75, 3.05) is 0 Å². The van der Waals surface area contributed by atoms with Crippen LogP contribution in [0.25, 0.3) is 26.9 Å². The van der Waals surface area contributed by atoms with Gasteiger partial charge in [-0.15, -0.1) is 0 Å². The zero-order chi connectivity index (χ0) is 19.0. The van der Waals surface area contributed by atoms with Gasteiger partial charge >= 0.3 is 0 Å². The number of fused-ring (bicyclic) bond motifs is 1. The fourth-order valence-corrected chi connectivity index (χ4v) is 3.52. The zero-order valence-corrected chi connectivity index (χ0v) is 15.7. The summed E-state index contributed by atoms with van der Waals surface area (Å²) in [6, 6.07) is 10.8. The Kier molecular flexibility index (Phi) is 4.24. The average molecular weight is 330 g/mol. The Morgan fingerprint density at radius 2 is 1.88 bits per heavy atom. The molecule has 0 saturated carbocycles. The maximum atomic E-state index is 8.55. The molecular formula is C23H25N2+. The van der Waals surface area contributed by atoms with E-state index in [9.17, 15) is 0 Å². The van der Waals surface area contributed by atoms with Gasteiger partial charge in [0.1, 0.15) is 7.05 Å². The Labute approximate surface area is 152 Å². The van der Waals surface area contributed by atoms with E-state index in [0.717, 1.165) is 35.0 Å². The lowest BCUT2D eigenvalue weighted by atomic mass is 9.91. The highest BCUT2D eigenvalue weighted by atomic mass is 14.9. The van der Waals surface area contributed by atoms with Gasteiger partial charge in [-0.2, -0.15) is 4.57 Å². The van der Waals surface area contributed by atoms with Crippen molar-refractivity contribution in [3.63, 3.8) is 0 Å². The molecule has 25 heavy (non-hydrogen) atoms. The summed E-state index contributed by atoms with van der Waals surface area (Å²) >= 11 is 0. The summed E-state index contributed by atoms with van der Waals surface area (Å²) in [6.45, 7) is 15.9. The highest BCUT2D eigenvalue weighted by Gasteiger charge is 2.21. The summed E-state index contributed by atoms with van der Waals surface area (Å²) in [4.78, 5) is 3.55. The van der Waals surface area contributed by atoms with E-state index < -0.39 is 0 Å². The van der Waals surface area contributed by atoms with Crippen molar-refractivity contribution in [3.8, 4) is 11.3 Å². The van der Waals surface area contributed by atoms with Crippen LogP contribution in [0.5, 0.6) is 0 Å². The minimum Gasteiger partial charge on any atom is -0.238 e. The smallest absolute Gasteiger partial charge is 0.220 e. The molecule has 0 fully saturated rings. The van der Waals surface area contributed by atoms with Gasteiger partial charge in [0, 0.05) is 13.0 Å². The molecule has 0 unspecified atom stereocenters. The Hall–Kier alpha value is -2.66. The maximum Gasteiger partial charge on any atom is 0.220 e. The molecule has 0 aliphatic carbocycles. The van der Waals surface area contributed by atoms with Gasteiger partial charge in [-0.3, -0.25) is 0 Å². The molecule has 1 aromatic heterocycles. The summed E-state index contributed by atoms with van der Waals surface area (Å²) in [7, 11) is 2.04. The first-order chi connectivity index (χ1) is 12.4. The second-order valence-corrected chi connectivity index (χ2v) is 6.59. The SMILES string of the molecule is [2H]c1c(C)[n+](C)c(-c2cc(CC)cc(CC)c2C)c2ccc([N+]#[C-])cc12. The molecule has 0 N–H and O–H groups in total. The molecule has 3 aromatic rings. The minimum absolute atomic E-state index is 0.497. The number of benzene rings is 2. The van der Waals surface area contributed by atoms with E-state index in [-0.39, 0.29) is 0 Å². The van der Waals surface area contributed by atoms with Crippen LogP contribution in [0.4, 0.5) is 5.69 Å². The lowest BCUT2D eigenvalue weighted by molar-refractivity contribution is -0.665. The first-order valence-corrected chi connectivity index (χ1v) is 8.86. The molecule has 0 aliphatic rings. The molecule has 2 aromatic carbocycles. The van der Waals surface area contributed by atoms with Crippen LogP contribution in [0, 0.1) is 20.4 Å². The first-order valence-electron chi connectivity index (χ1n) is 9.36. The second-order valence-electron chi connectivity index (χ2n) is 6.59. The standard InChI is InChI=1S/C23H25N2/c1-7-17-12-18(8-2)16(4)22(13-17)23-21-10-9-20(24-5)14-19(21)11-15(3)25(23)6/h9-14H,7-8H2,1-4,6H3/q+1/i11D. The Bertz CT molecular complexity index is 1060. The number of pyridine rings is 1. The number of aryl methyl sites for hydroxylation is 2. The van der Waals surface area contributed by atoms with Crippen LogP contribution in [0.1, 0.15) is 37.6 Å². The van der Waals surface area contributed by atoms with Crippen LogP contribution < -0.4 is 4.57 Å². The van der Waals surface area contributed by atoms with E-state index in [1.54, 1.807) is 0 Å². The topological polar surface area (TPSA) is 8.24 Å². The van der Waals surface area contributed by atoms with Crippen LogP contribution in [0.2, 0.25) is 0 Å². The zero-order valence-electron chi connectivity index (χ0n) is 16.7. The van der Waals surface area contributed by atoms with E-state index in [2.05, 4.69) is 42.3 Å². The molecular weight excluding hydrogens is 304 g/mol. The normalized spacial score (nSPS) is 11.4. The minimum atomic E-state index is 0.497. The van der Waals surface area contributed by atoms with E-state index >= 15 is 0 Å². The number of nitrogens with zero attached hydrogens (tertiary/aromatic N) is 2. The van der Waals surface area contributed by atoms with Gasteiger partial charge < -0.3 is 0 Å². The van der Waals surface area contributed by atoms with Gasteiger partial charge in [-0.1, -0.05) is 32.0 Å². The molecule has 0 spiro atoms. The highest BCUT2D eigenvalue weighted by Crippen LogP contribution is 2.33. The van der Waals surface area contributed by atoms with E-state index in [4.69, 9.17) is 7.94 Å². The van der Waals surface area contributed by atoms with Crippen molar-refractivity contribution in [2.24, 2.45) is 7.05 Å². The summed E-state index contributed by atoms with van der Waals surface area (Å²) < 4.78 is 10.7. The van der Waals surface area contributed by atoms with Crippen molar-refractivity contribution >= 4 is 16.5 Å². The van der Waals surface area contributed by atoms with Gasteiger partial charge in [0.05, 0.1) is 18.9 Å². The summed E-state index contributed by atoms with van der Waals surface area (Å²) in [5, 5.41) is 1.89. The Morgan fingerprint density at radius 1 is 1.12 bits per heavy atom. The molecule has 0 radical (unpaired) electrons. The average Bonchev–Trinajstić information content (AvgIpc) is 2.67.